The van der Waals surface area contributed by atoms with Crippen molar-refractivity contribution in [1.82, 2.24) is 5.32 Å². The van der Waals surface area contributed by atoms with E-state index in [1.165, 1.54) is 31.0 Å². The molecule has 1 heterocycles. The van der Waals surface area contributed by atoms with Crippen LogP contribution in [0.25, 0.3) is 0 Å². The van der Waals surface area contributed by atoms with Crippen LogP contribution >= 0.6 is 11.8 Å². The number of allylic oxidation sites excluding steroid dienone is 2. The number of nitrogens with one attached hydrogen (secondary N) is 1. The molecule has 0 fully saturated rings. The number of benzene rings is 1. The maximum Gasteiger partial charge on any atom is 0.337 e. The molecule has 27 heavy (non-hydrogen) atoms. The average molecular weight is 386 g/mol. The summed E-state index contributed by atoms with van der Waals surface area (Å²) in [5.41, 5.74) is 2.05. The largest absolute Gasteiger partial charge is 0.504 e. The first-order valence-corrected chi connectivity index (χ1v) is 9.36. The fourth-order valence-electron chi connectivity index (χ4n) is 2.86. The maximum atomic E-state index is 12.7. The van der Waals surface area contributed by atoms with E-state index in [1.807, 2.05) is 6.92 Å². The lowest BCUT2D eigenvalue weighted by Crippen LogP contribution is -2.29. The van der Waals surface area contributed by atoms with Gasteiger partial charge in [0.05, 0.1) is 35.3 Å². The summed E-state index contributed by atoms with van der Waals surface area (Å²) in [5.74, 6) is -0.132. The van der Waals surface area contributed by atoms with Crippen molar-refractivity contribution < 1.29 is 19.4 Å². The van der Waals surface area contributed by atoms with Gasteiger partial charge in [0.25, 0.3) is 0 Å². The van der Waals surface area contributed by atoms with Crippen molar-refractivity contribution in [2.45, 2.75) is 19.8 Å². The van der Waals surface area contributed by atoms with Crippen molar-refractivity contribution >= 4 is 17.7 Å². The zero-order valence-electron chi connectivity index (χ0n) is 15.5. The lowest BCUT2D eigenvalue weighted by Gasteiger charge is -2.29. The second-order valence-electron chi connectivity index (χ2n) is 5.70. The molecule has 1 aliphatic rings. The Balaban J connectivity index is 2.64. The predicted octanol–water partition coefficient (Wildman–Crippen LogP) is 3.58. The number of hydrogen-bond donors (Lipinski definition) is 2. The van der Waals surface area contributed by atoms with Gasteiger partial charge in [-0.15, -0.1) is 11.8 Å². The Labute approximate surface area is 163 Å². The van der Waals surface area contributed by atoms with Gasteiger partial charge in [-0.2, -0.15) is 5.26 Å². The van der Waals surface area contributed by atoms with Crippen LogP contribution in [0.1, 0.15) is 25.3 Å². The average Bonchev–Trinajstić information content (AvgIpc) is 2.66. The number of phenolic OH excluding ortho intramolecular Hbond substituents is 1. The highest BCUT2D eigenvalue weighted by Gasteiger charge is 2.35. The molecule has 1 aliphatic heterocycles. The van der Waals surface area contributed by atoms with Crippen LogP contribution in [0.15, 0.2) is 52.7 Å². The van der Waals surface area contributed by atoms with E-state index in [4.69, 9.17) is 9.47 Å². The van der Waals surface area contributed by atoms with Gasteiger partial charge in [-0.25, -0.2) is 4.79 Å². The van der Waals surface area contributed by atoms with Gasteiger partial charge in [-0.05, 0) is 30.4 Å². The van der Waals surface area contributed by atoms with E-state index in [0.717, 1.165) is 5.75 Å². The van der Waals surface area contributed by atoms with Crippen LogP contribution in [-0.4, -0.2) is 30.5 Å². The van der Waals surface area contributed by atoms with E-state index in [9.17, 15) is 15.2 Å². The molecule has 0 saturated heterocycles. The van der Waals surface area contributed by atoms with Crippen molar-refractivity contribution in [3.05, 3.63) is 58.3 Å². The Morgan fingerprint density at radius 2 is 2.26 bits per heavy atom. The van der Waals surface area contributed by atoms with Crippen molar-refractivity contribution in [3.63, 3.8) is 0 Å². The first-order chi connectivity index (χ1) is 13.0. The van der Waals surface area contributed by atoms with Crippen LogP contribution in [-0.2, 0) is 9.53 Å². The summed E-state index contributed by atoms with van der Waals surface area (Å²) >= 11 is 1.49. The summed E-state index contributed by atoms with van der Waals surface area (Å²) in [6.45, 7) is 7.39. The Hall–Kier alpha value is -2.85. The first-order valence-electron chi connectivity index (χ1n) is 8.38. The molecule has 2 rings (SSSR count). The minimum absolute atomic E-state index is 0.0164. The van der Waals surface area contributed by atoms with Crippen molar-refractivity contribution in [2.24, 2.45) is 0 Å². The molecule has 1 unspecified atom stereocenters. The third-order valence-corrected chi connectivity index (χ3v) is 4.92. The third kappa shape index (κ3) is 4.29. The molecule has 1 aromatic carbocycles. The van der Waals surface area contributed by atoms with Gasteiger partial charge in [0.15, 0.2) is 11.5 Å². The van der Waals surface area contributed by atoms with E-state index in [0.29, 0.717) is 27.4 Å². The van der Waals surface area contributed by atoms with Gasteiger partial charge in [-0.3, -0.25) is 0 Å². The van der Waals surface area contributed by atoms with Gasteiger partial charge in [0, 0.05) is 5.70 Å². The number of thioether (sulfide) groups is 1. The quantitative estimate of drug-likeness (QED) is 0.547. The first kappa shape index (κ1) is 20.5. The van der Waals surface area contributed by atoms with Gasteiger partial charge < -0.3 is 19.9 Å². The van der Waals surface area contributed by atoms with Crippen LogP contribution in [0.2, 0.25) is 0 Å². The number of dihydropyridines is 1. The highest BCUT2D eigenvalue weighted by atomic mass is 32.2. The lowest BCUT2D eigenvalue weighted by atomic mass is 9.82. The Morgan fingerprint density at radius 1 is 1.52 bits per heavy atom. The fourth-order valence-corrected chi connectivity index (χ4v) is 3.69. The summed E-state index contributed by atoms with van der Waals surface area (Å²) in [6, 6.07) is 7.02. The number of hydrogen-bond acceptors (Lipinski definition) is 7. The van der Waals surface area contributed by atoms with Crippen LogP contribution in [0.3, 0.4) is 0 Å². The number of methoxy groups -OCH3 is 1. The molecular formula is C20H22N2O4S. The zero-order chi connectivity index (χ0) is 20.0. The molecule has 0 saturated carbocycles. The second-order valence-corrected chi connectivity index (χ2v) is 6.98. The molecule has 1 aromatic rings. The van der Waals surface area contributed by atoms with Gasteiger partial charge in [0.1, 0.15) is 6.61 Å². The molecule has 6 nitrogen and oxygen atoms in total. The summed E-state index contributed by atoms with van der Waals surface area (Å²) in [5, 5.41) is 23.6. The molecular weight excluding hydrogens is 364 g/mol. The van der Waals surface area contributed by atoms with Crippen molar-refractivity contribution in [3.8, 4) is 17.6 Å². The molecule has 2 N–H and O–H groups in total. The normalized spacial score (nSPS) is 16.4. The highest BCUT2D eigenvalue weighted by molar-refractivity contribution is 8.03. The lowest BCUT2D eigenvalue weighted by molar-refractivity contribution is -0.138. The number of rotatable bonds is 7. The zero-order valence-corrected chi connectivity index (χ0v) is 16.4. The van der Waals surface area contributed by atoms with Crippen LogP contribution < -0.4 is 10.1 Å². The number of nitrogens with zero attached hydrogens (tertiary/aromatic N) is 1. The number of ether oxygens (including phenoxy) is 2. The van der Waals surface area contributed by atoms with Crippen LogP contribution in [0.5, 0.6) is 11.5 Å². The molecule has 0 aliphatic carbocycles. The number of phenols is 1. The Morgan fingerprint density at radius 3 is 2.85 bits per heavy atom. The van der Waals surface area contributed by atoms with E-state index in [2.05, 4.69) is 18.0 Å². The van der Waals surface area contributed by atoms with E-state index in [-0.39, 0.29) is 18.1 Å². The minimum Gasteiger partial charge on any atom is -0.504 e. The van der Waals surface area contributed by atoms with E-state index < -0.39 is 11.9 Å². The summed E-state index contributed by atoms with van der Waals surface area (Å²) in [6.07, 6.45) is 1.49. The SMILES string of the molecule is C=CCOC(=O)C1=C(C)NC(SCC)=C(C#N)C1c1ccc(O)c(OC)c1. The van der Waals surface area contributed by atoms with Gasteiger partial charge in [0.2, 0.25) is 0 Å². The summed E-state index contributed by atoms with van der Waals surface area (Å²) in [4.78, 5) is 12.7. The number of carbonyl (C=O) groups is 1. The number of aromatic hydroxyl groups is 1. The van der Waals surface area contributed by atoms with Gasteiger partial charge in [-0.1, -0.05) is 25.6 Å². The molecule has 0 spiro atoms. The third-order valence-electron chi connectivity index (χ3n) is 4.03. The van der Waals surface area contributed by atoms with E-state index >= 15 is 0 Å². The van der Waals surface area contributed by atoms with Crippen LogP contribution in [0, 0.1) is 11.3 Å². The standard InChI is InChI=1S/C20H22N2O4S/c1-5-9-26-20(24)17-12(3)22-19(27-6-2)14(11-21)18(17)13-7-8-15(23)16(10-13)25-4/h5,7-8,10,18,22-23H,1,6,9H2,2-4H3. The number of esters is 1. The molecule has 0 radical (unpaired) electrons. The van der Waals surface area contributed by atoms with Crippen molar-refractivity contribution in [1.29, 1.82) is 5.26 Å². The predicted molar refractivity (Wildman–Crippen MR) is 105 cm³/mol. The summed E-state index contributed by atoms with van der Waals surface area (Å²) in [7, 11) is 1.45. The second kappa shape index (κ2) is 9.19. The smallest absolute Gasteiger partial charge is 0.337 e. The van der Waals surface area contributed by atoms with Gasteiger partial charge >= 0.3 is 5.97 Å². The topological polar surface area (TPSA) is 91.6 Å². The molecule has 1 atom stereocenters. The van der Waals surface area contributed by atoms with E-state index in [1.54, 1.807) is 19.1 Å². The molecule has 0 amide bonds. The molecule has 142 valence electrons. The minimum atomic E-state index is -0.628. The number of carbonyl (C=O) groups excluding carboxylic acids is 1. The number of nitriles is 1. The monoisotopic (exact) mass is 386 g/mol. The highest BCUT2D eigenvalue weighted by Crippen LogP contribution is 2.42. The maximum absolute atomic E-state index is 12.7. The Kier molecular flexibility index (Phi) is 6.97. The fraction of sp³-hybridized carbons (Fsp3) is 0.300. The summed E-state index contributed by atoms with van der Waals surface area (Å²) < 4.78 is 10.4. The molecule has 7 heteroatoms. The van der Waals surface area contributed by atoms with Crippen molar-refractivity contribution in [2.75, 3.05) is 19.5 Å². The molecule has 0 aromatic heterocycles. The Bertz CT molecular complexity index is 852. The van der Waals surface area contributed by atoms with Crippen LogP contribution in [0.4, 0.5) is 0 Å². The molecule has 0 bridgehead atoms.